The number of aromatic nitrogens is 4. The summed E-state index contributed by atoms with van der Waals surface area (Å²) in [5, 5.41) is 17.4. The first kappa shape index (κ1) is 14.1. The molecule has 0 bridgehead atoms. The molecule has 0 aliphatic heterocycles. The van der Waals surface area contributed by atoms with E-state index in [1.165, 1.54) is 24.3 Å². The SMILES string of the molecule is CCc1nn(C)c2n[nH]c(NC(=O)Nc3ccc(F)cc3)c12. The van der Waals surface area contributed by atoms with Crippen LogP contribution >= 0.6 is 0 Å². The normalized spacial score (nSPS) is 10.9. The fourth-order valence-corrected chi connectivity index (χ4v) is 2.27. The summed E-state index contributed by atoms with van der Waals surface area (Å²) in [6.07, 6.45) is 0.727. The van der Waals surface area contributed by atoms with Crippen molar-refractivity contribution in [2.24, 2.45) is 7.05 Å². The summed E-state index contributed by atoms with van der Waals surface area (Å²) < 4.78 is 14.5. The van der Waals surface area contributed by atoms with Gasteiger partial charge in [-0.05, 0) is 30.7 Å². The van der Waals surface area contributed by atoms with Crippen LogP contribution in [0.3, 0.4) is 0 Å². The van der Waals surface area contributed by atoms with Gasteiger partial charge in [-0.2, -0.15) is 10.2 Å². The van der Waals surface area contributed by atoms with Crippen LogP contribution in [0.15, 0.2) is 24.3 Å². The molecule has 0 aliphatic rings. The fourth-order valence-electron chi connectivity index (χ4n) is 2.27. The molecule has 0 saturated heterocycles. The van der Waals surface area contributed by atoms with Crippen molar-refractivity contribution in [3.8, 4) is 0 Å². The second kappa shape index (κ2) is 5.47. The number of benzene rings is 1. The number of urea groups is 1. The second-order valence-corrected chi connectivity index (χ2v) is 4.81. The molecule has 0 unspecified atom stereocenters. The first-order valence-electron chi connectivity index (χ1n) is 6.82. The van der Waals surface area contributed by atoms with Gasteiger partial charge in [-0.3, -0.25) is 10.4 Å². The van der Waals surface area contributed by atoms with E-state index in [1.807, 2.05) is 6.92 Å². The summed E-state index contributed by atoms with van der Waals surface area (Å²) >= 11 is 0. The Bertz CT molecular complexity index is 820. The molecule has 0 saturated carbocycles. The number of carbonyl (C=O) groups excluding carboxylic acids is 1. The molecule has 7 nitrogen and oxygen atoms in total. The zero-order valence-electron chi connectivity index (χ0n) is 12.1. The quantitative estimate of drug-likeness (QED) is 0.695. The minimum atomic E-state index is -0.442. The average Bonchev–Trinajstić information content (AvgIpc) is 3.04. The molecule has 3 rings (SSSR count). The van der Waals surface area contributed by atoms with E-state index in [-0.39, 0.29) is 5.82 Å². The predicted octanol–water partition coefficient (Wildman–Crippen LogP) is 2.64. The Balaban J connectivity index is 1.80. The lowest BCUT2D eigenvalue weighted by atomic mass is 10.2. The van der Waals surface area contributed by atoms with Crippen molar-refractivity contribution in [2.75, 3.05) is 10.6 Å². The summed E-state index contributed by atoms with van der Waals surface area (Å²) in [5.74, 6) is 0.128. The van der Waals surface area contributed by atoms with Gasteiger partial charge in [0.15, 0.2) is 5.65 Å². The van der Waals surface area contributed by atoms with Gasteiger partial charge < -0.3 is 5.32 Å². The maximum Gasteiger partial charge on any atom is 0.324 e. The van der Waals surface area contributed by atoms with Crippen molar-refractivity contribution in [3.05, 3.63) is 35.8 Å². The zero-order valence-corrected chi connectivity index (χ0v) is 12.1. The molecular weight excluding hydrogens is 287 g/mol. The molecule has 2 aromatic heterocycles. The molecule has 8 heteroatoms. The number of halogens is 1. The lowest BCUT2D eigenvalue weighted by Gasteiger charge is -2.06. The van der Waals surface area contributed by atoms with Gasteiger partial charge in [0.25, 0.3) is 0 Å². The van der Waals surface area contributed by atoms with Crippen LogP contribution in [0.1, 0.15) is 12.6 Å². The van der Waals surface area contributed by atoms with Crippen molar-refractivity contribution < 1.29 is 9.18 Å². The molecule has 0 aliphatic carbocycles. The third-order valence-corrected chi connectivity index (χ3v) is 3.29. The van der Waals surface area contributed by atoms with Crippen LogP contribution in [0, 0.1) is 5.82 Å². The summed E-state index contributed by atoms with van der Waals surface area (Å²) in [6.45, 7) is 1.98. The number of hydrogen-bond acceptors (Lipinski definition) is 3. The van der Waals surface area contributed by atoms with Crippen LogP contribution in [0.4, 0.5) is 20.7 Å². The first-order valence-corrected chi connectivity index (χ1v) is 6.82. The molecule has 1 aromatic carbocycles. The van der Waals surface area contributed by atoms with Gasteiger partial charge in [-0.25, -0.2) is 13.9 Å². The number of anilines is 2. The molecule has 114 valence electrons. The number of nitrogens with one attached hydrogen (secondary N) is 3. The Morgan fingerprint density at radius 2 is 2.05 bits per heavy atom. The number of hydrogen-bond donors (Lipinski definition) is 3. The molecular formula is C14H15FN6O. The molecule has 2 heterocycles. The predicted molar refractivity (Wildman–Crippen MR) is 81.3 cm³/mol. The summed E-state index contributed by atoms with van der Waals surface area (Å²) in [7, 11) is 1.80. The molecule has 0 radical (unpaired) electrons. The number of rotatable bonds is 3. The van der Waals surface area contributed by atoms with Crippen molar-refractivity contribution in [1.82, 2.24) is 20.0 Å². The van der Waals surface area contributed by atoms with E-state index in [4.69, 9.17) is 0 Å². The second-order valence-electron chi connectivity index (χ2n) is 4.81. The number of carbonyl (C=O) groups is 1. The largest absolute Gasteiger partial charge is 0.324 e. The van der Waals surface area contributed by atoms with Crippen molar-refractivity contribution in [2.45, 2.75) is 13.3 Å². The van der Waals surface area contributed by atoms with E-state index >= 15 is 0 Å². The Kier molecular flexibility index (Phi) is 3.50. The van der Waals surface area contributed by atoms with Crippen molar-refractivity contribution in [3.63, 3.8) is 0 Å². The van der Waals surface area contributed by atoms with E-state index in [0.29, 0.717) is 17.2 Å². The molecule has 0 spiro atoms. The van der Waals surface area contributed by atoms with Crippen LogP contribution in [-0.2, 0) is 13.5 Å². The van der Waals surface area contributed by atoms with Gasteiger partial charge >= 0.3 is 6.03 Å². The average molecular weight is 302 g/mol. The minimum absolute atomic E-state index is 0.357. The lowest BCUT2D eigenvalue weighted by molar-refractivity contribution is 0.262. The van der Waals surface area contributed by atoms with Gasteiger partial charge in [0.1, 0.15) is 11.6 Å². The number of aryl methyl sites for hydroxylation is 2. The van der Waals surface area contributed by atoms with E-state index < -0.39 is 6.03 Å². The smallest absolute Gasteiger partial charge is 0.308 e. The van der Waals surface area contributed by atoms with E-state index in [1.54, 1.807) is 11.7 Å². The van der Waals surface area contributed by atoms with Gasteiger partial charge in [0.05, 0.1) is 11.1 Å². The van der Waals surface area contributed by atoms with Gasteiger partial charge in [-0.15, -0.1) is 0 Å². The van der Waals surface area contributed by atoms with Crippen molar-refractivity contribution >= 4 is 28.6 Å². The molecule has 3 N–H and O–H groups in total. The Morgan fingerprint density at radius 1 is 1.32 bits per heavy atom. The monoisotopic (exact) mass is 302 g/mol. The van der Waals surface area contributed by atoms with E-state index in [2.05, 4.69) is 25.9 Å². The van der Waals surface area contributed by atoms with Crippen LogP contribution in [0.5, 0.6) is 0 Å². The van der Waals surface area contributed by atoms with Crippen LogP contribution in [-0.4, -0.2) is 26.0 Å². The summed E-state index contributed by atoms with van der Waals surface area (Å²) in [6, 6.07) is 5.08. The maximum atomic E-state index is 12.8. The highest BCUT2D eigenvalue weighted by Gasteiger charge is 2.16. The number of amides is 2. The van der Waals surface area contributed by atoms with Crippen molar-refractivity contribution in [1.29, 1.82) is 0 Å². The highest BCUT2D eigenvalue weighted by Crippen LogP contribution is 2.24. The summed E-state index contributed by atoms with van der Waals surface area (Å²) in [4.78, 5) is 12.0. The highest BCUT2D eigenvalue weighted by atomic mass is 19.1. The minimum Gasteiger partial charge on any atom is -0.308 e. The first-order chi connectivity index (χ1) is 10.6. The maximum absolute atomic E-state index is 12.8. The zero-order chi connectivity index (χ0) is 15.7. The third kappa shape index (κ3) is 2.50. The Hall–Kier alpha value is -2.90. The number of fused-ring (bicyclic) bond motifs is 1. The van der Waals surface area contributed by atoms with E-state index in [0.717, 1.165) is 17.5 Å². The van der Waals surface area contributed by atoms with Gasteiger partial charge in [-0.1, -0.05) is 6.92 Å². The molecule has 0 fully saturated rings. The molecule has 0 atom stereocenters. The van der Waals surface area contributed by atoms with Gasteiger partial charge in [0, 0.05) is 12.7 Å². The molecule has 22 heavy (non-hydrogen) atoms. The van der Waals surface area contributed by atoms with E-state index in [9.17, 15) is 9.18 Å². The molecule has 3 aromatic rings. The molecule has 2 amide bonds. The van der Waals surface area contributed by atoms with Crippen LogP contribution in [0.25, 0.3) is 11.0 Å². The standard InChI is InChI=1S/C14H15FN6O/c1-3-10-11-12(18-19-13(11)21(2)20-10)17-14(22)16-9-6-4-8(15)5-7-9/h4-7H,3H2,1-2H3,(H3,16,17,18,19,22). The number of nitrogens with zero attached hydrogens (tertiary/aromatic N) is 3. The highest BCUT2D eigenvalue weighted by molar-refractivity contribution is 6.04. The van der Waals surface area contributed by atoms with Crippen LogP contribution in [0.2, 0.25) is 0 Å². The van der Waals surface area contributed by atoms with Crippen LogP contribution < -0.4 is 10.6 Å². The third-order valence-electron chi connectivity index (χ3n) is 3.29. The Morgan fingerprint density at radius 3 is 2.73 bits per heavy atom. The summed E-state index contributed by atoms with van der Waals surface area (Å²) in [5.41, 5.74) is 2.02. The number of H-pyrrole nitrogens is 1. The number of aromatic amines is 1. The van der Waals surface area contributed by atoms with Gasteiger partial charge in [0.2, 0.25) is 0 Å². The Labute approximate surface area is 125 Å². The lowest BCUT2D eigenvalue weighted by Crippen LogP contribution is -2.19. The topological polar surface area (TPSA) is 87.6 Å². The fraction of sp³-hybridized carbons (Fsp3) is 0.214.